The summed E-state index contributed by atoms with van der Waals surface area (Å²) in [4.78, 5) is 4.06. The van der Waals surface area contributed by atoms with E-state index >= 15 is 0 Å². The first-order chi connectivity index (χ1) is 10.2. The highest BCUT2D eigenvalue weighted by Gasteiger charge is 2.06. The Morgan fingerprint density at radius 1 is 1.19 bits per heavy atom. The van der Waals surface area contributed by atoms with Crippen molar-refractivity contribution in [1.29, 1.82) is 0 Å². The van der Waals surface area contributed by atoms with Gasteiger partial charge in [-0.3, -0.25) is 4.98 Å². The van der Waals surface area contributed by atoms with Gasteiger partial charge in [0.2, 0.25) is 0 Å². The van der Waals surface area contributed by atoms with E-state index in [0.29, 0.717) is 6.54 Å². The first kappa shape index (κ1) is 15.5. The fourth-order valence-corrected chi connectivity index (χ4v) is 2.04. The molecule has 21 heavy (non-hydrogen) atoms. The molecule has 4 nitrogen and oxygen atoms in total. The van der Waals surface area contributed by atoms with Gasteiger partial charge in [-0.1, -0.05) is 18.2 Å². The van der Waals surface area contributed by atoms with Crippen molar-refractivity contribution in [2.24, 2.45) is 0 Å². The molecule has 1 aromatic carbocycles. The van der Waals surface area contributed by atoms with Crippen LogP contribution in [0.1, 0.15) is 16.7 Å². The van der Waals surface area contributed by atoms with E-state index in [1.54, 1.807) is 6.20 Å². The van der Waals surface area contributed by atoms with Crippen LogP contribution in [0.15, 0.2) is 42.7 Å². The highest BCUT2D eigenvalue weighted by molar-refractivity contribution is 5.31. The number of nitrogens with zero attached hydrogens (tertiary/aromatic N) is 1. The first-order valence-corrected chi connectivity index (χ1v) is 7.13. The molecule has 0 spiro atoms. The average molecular weight is 286 g/mol. The summed E-state index contributed by atoms with van der Waals surface area (Å²) in [6.07, 6.45) is 3.09. The molecule has 4 heteroatoms. The third-order valence-electron chi connectivity index (χ3n) is 3.36. The second-order valence-electron chi connectivity index (χ2n) is 5.16. The van der Waals surface area contributed by atoms with E-state index < -0.39 is 6.10 Å². The van der Waals surface area contributed by atoms with Gasteiger partial charge in [0.15, 0.2) is 0 Å². The van der Waals surface area contributed by atoms with Crippen LogP contribution in [0.5, 0.6) is 5.75 Å². The minimum atomic E-state index is -0.535. The molecule has 2 rings (SSSR count). The number of aryl methyl sites for hydroxylation is 2. The van der Waals surface area contributed by atoms with Crippen molar-refractivity contribution in [3.05, 3.63) is 59.4 Å². The standard InChI is InChI=1S/C17H22N2O2/c1-13-5-3-4-6-17(13)21-12-16(20)11-19-10-15-7-8-18-9-14(15)2/h3-9,16,19-20H,10-12H2,1-2H3. The van der Waals surface area contributed by atoms with Crippen LogP contribution in [0.3, 0.4) is 0 Å². The predicted octanol–water partition coefficient (Wildman–Crippen LogP) is 2.23. The van der Waals surface area contributed by atoms with Gasteiger partial charge in [0, 0.05) is 25.5 Å². The van der Waals surface area contributed by atoms with Gasteiger partial charge < -0.3 is 15.2 Å². The molecule has 0 amide bonds. The van der Waals surface area contributed by atoms with Crippen LogP contribution in [0.25, 0.3) is 0 Å². The van der Waals surface area contributed by atoms with Gasteiger partial charge in [-0.25, -0.2) is 0 Å². The van der Waals surface area contributed by atoms with Crippen molar-refractivity contribution in [2.75, 3.05) is 13.2 Å². The van der Waals surface area contributed by atoms with Crippen LogP contribution in [-0.4, -0.2) is 29.3 Å². The maximum atomic E-state index is 9.95. The number of pyridine rings is 1. The zero-order valence-electron chi connectivity index (χ0n) is 12.5. The largest absolute Gasteiger partial charge is 0.491 e. The molecule has 0 aliphatic rings. The molecule has 2 aromatic rings. The maximum Gasteiger partial charge on any atom is 0.122 e. The van der Waals surface area contributed by atoms with Gasteiger partial charge in [0.05, 0.1) is 0 Å². The Labute approximate surface area is 125 Å². The number of benzene rings is 1. The van der Waals surface area contributed by atoms with E-state index in [-0.39, 0.29) is 6.61 Å². The Morgan fingerprint density at radius 2 is 2.00 bits per heavy atom. The van der Waals surface area contributed by atoms with Gasteiger partial charge in [-0.15, -0.1) is 0 Å². The van der Waals surface area contributed by atoms with Crippen LogP contribution in [0, 0.1) is 13.8 Å². The van der Waals surface area contributed by atoms with Crippen LogP contribution in [0.2, 0.25) is 0 Å². The number of aliphatic hydroxyl groups excluding tert-OH is 1. The molecule has 1 heterocycles. The van der Waals surface area contributed by atoms with Crippen molar-refractivity contribution < 1.29 is 9.84 Å². The Balaban J connectivity index is 1.72. The summed E-state index contributed by atoms with van der Waals surface area (Å²) in [7, 11) is 0. The zero-order chi connectivity index (χ0) is 15.1. The molecule has 0 aliphatic heterocycles. The van der Waals surface area contributed by atoms with E-state index in [1.807, 2.05) is 50.4 Å². The molecular weight excluding hydrogens is 264 g/mol. The first-order valence-electron chi connectivity index (χ1n) is 7.13. The Bertz CT molecular complexity index is 572. The van der Waals surface area contributed by atoms with E-state index in [9.17, 15) is 5.11 Å². The summed E-state index contributed by atoms with van der Waals surface area (Å²) < 4.78 is 5.63. The fourth-order valence-electron chi connectivity index (χ4n) is 2.04. The van der Waals surface area contributed by atoms with Gasteiger partial charge in [0.1, 0.15) is 18.5 Å². The lowest BCUT2D eigenvalue weighted by atomic mass is 10.1. The smallest absolute Gasteiger partial charge is 0.122 e. The number of aliphatic hydroxyl groups is 1. The van der Waals surface area contributed by atoms with E-state index in [1.165, 1.54) is 5.56 Å². The second kappa shape index (κ2) is 7.76. The normalized spacial score (nSPS) is 12.1. The van der Waals surface area contributed by atoms with Crippen molar-refractivity contribution >= 4 is 0 Å². The third-order valence-corrected chi connectivity index (χ3v) is 3.36. The highest BCUT2D eigenvalue weighted by Crippen LogP contribution is 2.16. The molecule has 112 valence electrons. The monoisotopic (exact) mass is 286 g/mol. The molecule has 0 saturated carbocycles. The molecule has 1 aromatic heterocycles. The molecule has 0 saturated heterocycles. The fraction of sp³-hybridized carbons (Fsp3) is 0.353. The van der Waals surface area contributed by atoms with Crippen molar-refractivity contribution in [2.45, 2.75) is 26.5 Å². The molecule has 1 atom stereocenters. The van der Waals surface area contributed by atoms with Gasteiger partial charge in [-0.2, -0.15) is 0 Å². The summed E-state index contributed by atoms with van der Waals surface area (Å²) in [5, 5.41) is 13.2. The van der Waals surface area contributed by atoms with E-state index in [4.69, 9.17) is 4.74 Å². The quantitative estimate of drug-likeness (QED) is 0.819. The Morgan fingerprint density at radius 3 is 2.76 bits per heavy atom. The number of ether oxygens (including phenoxy) is 1. The predicted molar refractivity (Wildman–Crippen MR) is 83.4 cm³/mol. The Hall–Kier alpha value is -1.91. The molecule has 0 bridgehead atoms. The van der Waals surface area contributed by atoms with Crippen LogP contribution >= 0.6 is 0 Å². The van der Waals surface area contributed by atoms with Gasteiger partial charge in [0.25, 0.3) is 0 Å². The second-order valence-corrected chi connectivity index (χ2v) is 5.16. The number of hydrogen-bond acceptors (Lipinski definition) is 4. The van der Waals surface area contributed by atoms with E-state index in [0.717, 1.165) is 23.4 Å². The van der Waals surface area contributed by atoms with E-state index in [2.05, 4.69) is 10.3 Å². The molecule has 1 unspecified atom stereocenters. The molecule has 0 fully saturated rings. The Kier molecular flexibility index (Phi) is 5.72. The van der Waals surface area contributed by atoms with Crippen molar-refractivity contribution in [1.82, 2.24) is 10.3 Å². The number of nitrogens with one attached hydrogen (secondary N) is 1. The van der Waals surface area contributed by atoms with Gasteiger partial charge in [-0.05, 0) is 42.7 Å². The molecule has 2 N–H and O–H groups in total. The number of rotatable bonds is 7. The minimum absolute atomic E-state index is 0.285. The average Bonchev–Trinajstić information content (AvgIpc) is 2.48. The lowest BCUT2D eigenvalue weighted by Gasteiger charge is -2.15. The van der Waals surface area contributed by atoms with Gasteiger partial charge >= 0.3 is 0 Å². The summed E-state index contributed by atoms with van der Waals surface area (Å²) in [6.45, 7) is 5.52. The number of aromatic nitrogens is 1. The SMILES string of the molecule is Cc1cnccc1CNCC(O)COc1ccccc1C. The molecule has 0 radical (unpaired) electrons. The highest BCUT2D eigenvalue weighted by atomic mass is 16.5. The number of para-hydroxylation sites is 1. The van der Waals surface area contributed by atoms with Crippen LogP contribution in [0.4, 0.5) is 0 Å². The van der Waals surface area contributed by atoms with Crippen molar-refractivity contribution in [3.63, 3.8) is 0 Å². The minimum Gasteiger partial charge on any atom is -0.491 e. The summed E-state index contributed by atoms with van der Waals surface area (Å²) in [6, 6.07) is 9.79. The maximum absolute atomic E-state index is 9.95. The van der Waals surface area contributed by atoms with Crippen LogP contribution < -0.4 is 10.1 Å². The van der Waals surface area contributed by atoms with Crippen molar-refractivity contribution in [3.8, 4) is 5.75 Å². The third kappa shape index (κ3) is 4.85. The lowest BCUT2D eigenvalue weighted by molar-refractivity contribution is 0.106. The topological polar surface area (TPSA) is 54.4 Å². The number of hydrogen-bond donors (Lipinski definition) is 2. The molecular formula is C17H22N2O2. The molecule has 0 aliphatic carbocycles. The van der Waals surface area contributed by atoms with Crippen LogP contribution in [-0.2, 0) is 6.54 Å². The summed E-state index contributed by atoms with van der Waals surface area (Å²) in [5.74, 6) is 0.821. The zero-order valence-corrected chi connectivity index (χ0v) is 12.5. The lowest BCUT2D eigenvalue weighted by Crippen LogP contribution is -2.31. The summed E-state index contributed by atoms with van der Waals surface area (Å²) >= 11 is 0. The summed E-state index contributed by atoms with van der Waals surface area (Å²) in [5.41, 5.74) is 3.41.